The maximum Gasteiger partial charge on any atom is 0.330 e. The zero-order valence-electron chi connectivity index (χ0n) is 15.9. The summed E-state index contributed by atoms with van der Waals surface area (Å²) in [6.45, 7) is 0.149. The number of hydrogen-bond donors (Lipinski definition) is 2. The molecule has 154 valence electrons. The van der Waals surface area contributed by atoms with E-state index in [0.717, 1.165) is 10.5 Å². The number of rotatable bonds is 5. The second kappa shape index (κ2) is 9.02. The number of carbonyl (C=O) groups excluding carboxylic acids is 1. The number of nitrogens with two attached hydrogens (primary N) is 1. The SMILES string of the molecule is CN(C(=O)/C=C/c1ccc(Cl)c(Cl)c1)c1c(N)n(Cc2ccccc2)c(=O)[nH]c1=O. The minimum atomic E-state index is -0.749. The molecule has 1 heterocycles. The van der Waals surface area contributed by atoms with Gasteiger partial charge in [0.1, 0.15) is 5.82 Å². The summed E-state index contributed by atoms with van der Waals surface area (Å²) in [6, 6.07) is 14.1. The van der Waals surface area contributed by atoms with Crippen LogP contribution in [0.3, 0.4) is 0 Å². The van der Waals surface area contributed by atoms with Crippen LogP contribution in [0, 0.1) is 0 Å². The first-order chi connectivity index (χ1) is 14.3. The van der Waals surface area contributed by atoms with Crippen LogP contribution in [0.25, 0.3) is 6.08 Å². The minimum Gasteiger partial charge on any atom is -0.383 e. The quantitative estimate of drug-likeness (QED) is 0.590. The van der Waals surface area contributed by atoms with Gasteiger partial charge in [-0.2, -0.15) is 0 Å². The van der Waals surface area contributed by atoms with Gasteiger partial charge in [-0.15, -0.1) is 0 Å². The van der Waals surface area contributed by atoms with E-state index in [1.54, 1.807) is 18.2 Å². The number of anilines is 2. The van der Waals surface area contributed by atoms with E-state index >= 15 is 0 Å². The number of amides is 1. The normalized spacial score (nSPS) is 11.0. The fraction of sp³-hybridized carbons (Fsp3) is 0.0952. The molecule has 0 aliphatic rings. The molecule has 1 aromatic heterocycles. The molecule has 0 unspecified atom stereocenters. The number of carbonyl (C=O) groups is 1. The van der Waals surface area contributed by atoms with Gasteiger partial charge in [-0.3, -0.25) is 19.1 Å². The zero-order valence-corrected chi connectivity index (χ0v) is 17.4. The summed E-state index contributed by atoms with van der Waals surface area (Å²) >= 11 is 11.9. The summed E-state index contributed by atoms with van der Waals surface area (Å²) in [4.78, 5) is 40.5. The van der Waals surface area contributed by atoms with Crippen LogP contribution >= 0.6 is 23.2 Å². The Labute approximate surface area is 182 Å². The van der Waals surface area contributed by atoms with Crippen LogP contribution in [0.4, 0.5) is 11.5 Å². The Balaban J connectivity index is 1.92. The zero-order chi connectivity index (χ0) is 21.8. The summed E-state index contributed by atoms with van der Waals surface area (Å²) in [7, 11) is 1.40. The standard InChI is InChI=1S/C21H18Cl2N4O3/c1-26(17(28)10-8-13-7-9-15(22)16(23)11-13)18-19(24)27(21(30)25-20(18)29)12-14-5-3-2-4-6-14/h2-11H,12,24H2,1H3,(H,25,29,30)/b10-8+. The topological polar surface area (TPSA) is 101 Å². The highest BCUT2D eigenvalue weighted by molar-refractivity contribution is 6.42. The smallest absolute Gasteiger partial charge is 0.330 e. The van der Waals surface area contributed by atoms with Crippen molar-refractivity contribution in [3.8, 4) is 0 Å². The molecule has 9 heteroatoms. The van der Waals surface area contributed by atoms with Gasteiger partial charge in [0.05, 0.1) is 16.6 Å². The molecule has 1 amide bonds. The third-order valence-electron chi connectivity index (χ3n) is 4.43. The van der Waals surface area contributed by atoms with Crippen molar-refractivity contribution in [2.24, 2.45) is 0 Å². The number of likely N-dealkylation sites (N-methyl/N-ethyl adjacent to an activating group) is 1. The number of hydrogen-bond acceptors (Lipinski definition) is 4. The molecular formula is C21H18Cl2N4O3. The van der Waals surface area contributed by atoms with Crippen molar-refractivity contribution < 1.29 is 4.79 Å². The van der Waals surface area contributed by atoms with E-state index in [-0.39, 0.29) is 18.1 Å². The Morgan fingerprint density at radius 2 is 1.83 bits per heavy atom. The van der Waals surface area contributed by atoms with E-state index < -0.39 is 17.2 Å². The van der Waals surface area contributed by atoms with Gasteiger partial charge in [-0.05, 0) is 29.3 Å². The van der Waals surface area contributed by atoms with Crippen molar-refractivity contribution in [2.75, 3.05) is 17.7 Å². The summed E-state index contributed by atoms with van der Waals surface area (Å²) in [5.74, 6) is -0.616. The largest absolute Gasteiger partial charge is 0.383 e. The van der Waals surface area contributed by atoms with Crippen LogP contribution in [0.2, 0.25) is 10.0 Å². The van der Waals surface area contributed by atoms with Gasteiger partial charge >= 0.3 is 5.69 Å². The van der Waals surface area contributed by atoms with Crippen molar-refractivity contribution in [3.63, 3.8) is 0 Å². The number of aromatic amines is 1. The predicted octanol–water partition coefficient (Wildman–Crippen LogP) is 3.15. The summed E-state index contributed by atoms with van der Waals surface area (Å²) in [5.41, 5.74) is 6.06. The Bertz CT molecular complexity index is 1230. The molecule has 3 rings (SSSR count). The third-order valence-corrected chi connectivity index (χ3v) is 5.16. The van der Waals surface area contributed by atoms with Gasteiger partial charge in [0.15, 0.2) is 5.69 Å². The molecule has 30 heavy (non-hydrogen) atoms. The highest BCUT2D eigenvalue weighted by Gasteiger charge is 2.19. The lowest BCUT2D eigenvalue weighted by Crippen LogP contribution is -2.39. The molecule has 3 aromatic rings. The molecule has 0 aliphatic heterocycles. The molecule has 0 saturated carbocycles. The summed E-state index contributed by atoms with van der Waals surface area (Å²) in [5, 5.41) is 0.755. The number of H-pyrrole nitrogens is 1. The Kier molecular flexibility index (Phi) is 6.44. The third kappa shape index (κ3) is 4.64. The molecule has 0 saturated heterocycles. The highest BCUT2D eigenvalue weighted by atomic mass is 35.5. The lowest BCUT2D eigenvalue weighted by atomic mass is 10.2. The maximum atomic E-state index is 12.6. The fourth-order valence-electron chi connectivity index (χ4n) is 2.83. The van der Waals surface area contributed by atoms with Crippen LogP contribution in [-0.4, -0.2) is 22.5 Å². The van der Waals surface area contributed by atoms with E-state index in [4.69, 9.17) is 28.9 Å². The predicted molar refractivity (Wildman–Crippen MR) is 120 cm³/mol. The van der Waals surface area contributed by atoms with E-state index in [9.17, 15) is 14.4 Å². The average Bonchev–Trinajstić information content (AvgIpc) is 2.72. The molecule has 0 atom stereocenters. The second-order valence-corrected chi connectivity index (χ2v) is 7.28. The van der Waals surface area contributed by atoms with Crippen LogP contribution in [0.1, 0.15) is 11.1 Å². The summed E-state index contributed by atoms with van der Waals surface area (Å²) < 4.78 is 1.21. The van der Waals surface area contributed by atoms with Crippen LogP contribution in [-0.2, 0) is 11.3 Å². The lowest BCUT2D eigenvalue weighted by molar-refractivity contribution is -0.113. The second-order valence-electron chi connectivity index (χ2n) is 6.47. The van der Waals surface area contributed by atoms with E-state index in [1.807, 2.05) is 30.3 Å². The number of nitrogen functional groups attached to an aromatic ring is 1. The molecule has 0 spiro atoms. The molecule has 7 nitrogen and oxygen atoms in total. The molecule has 0 bridgehead atoms. The Morgan fingerprint density at radius 3 is 2.50 bits per heavy atom. The van der Waals surface area contributed by atoms with E-state index in [2.05, 4.69) is 4.98 Å². The van der Waals surface area contributed by atoms with Crippen LogP contribution in [0.5, 0.6) is 0 Å². The molecule has 3 N–H and O–H groups in total. The highest BCUT2D eigenvalue weighted by Crippen LogP contribution is 2.23. The number of nitrogens with one attached hydrogen (secondary N) is 1. The number of aromatic nitrogens is 2. The van der Waals surface area contributed by atoms with Gasteiger partial charge in [0.25, 0.3) is 11.5 Å². The van der Waals surface area contributed by atoms with Crippen molar-refractivity contribution in [1.29, 1.82) is 0 Å². The number of benzene rings is 2. The molecule has 0 aliphatic carbocycles. The Morgan fingerprint density at radius 1 is 1.13 bits per heavy atom. The summed E-state index contributed by atoms with van der Waals surface area (Å²) in [6.07, 6.45) is 2.80. The molecular weight excluding hydrogens is 427 g/mol. The van der Waals surface area contributed by atoms with Crippen LogP contribution < -0.4 is 21.9 Å². The Hall–Kier alpha value is -3.29. The average molecular weight is 445 g/mol. The van der Waals surface area contributed by atoms with Crippen molar-refractivity contribution >= 4 is 46.7 Å². The molecule has 2 aromatic carbocycles. The van der Waals surface area contributed by atoms with Crippen molar-refractivity contribution in [1.82, 2.24) is 9.55 Å². The number of nitrogens with zero attached hydrogens (tertiary/aromatic N) is 2. The first-order valence-corrected chi connectivity index (χ1v) is 9.61. The monoisotopic (exact) mass is 444 g/mol. The van der Waals surface area contributed by atoms with Crippen LogP contribution in [0.15, 0.2) is 64.2 Å². The van der Waals surface area contributed by atoms with Gasteiger partial charge < -0.3 is 10.6 Å². The fourth-order valence-corrected chi connectivity index (χ4v) is 3.14. The maximum absolute atomic E-state index is 12.6. The first-order valence-electron chi connectivity index (χ1n) is 8.85. The minimum absolute atomic E-state index is 0.105. The van der Waals surface area contributed by atoms with Gasteiger partial charge in [0.2, 0.25) is 0 Å². The van der Waals surface area contributed by atoms with Crippen molar-refractivity contribution in [3.05, 3.63) is 96.6 Å². The van der Waals surface area contributed by atoms with Crippen molar-refractivity contribution in [2.45, 2.75) is 6.54 Å². The first kappa shape index (κ1) is 21.4. The van der Waals surface area contributed by atoms with Gasteiger partial charge in [-0.25, -0.2) is 4.79 Å². The van der Waals surface area contributed by atoms with Gasteiger partial charge in [0, 0.05) is 13.1 Å². The lowest BCUT2D eigenvalue weighted by Gasteiger charge is -2.19. The van der Waals surface area contributed by atoms with E-state index in [0.29, 0.717) is 15.6 Å². The number of halogens is 2. The van der Waals surface area contributed by atoms with E-state index in [1.165, 1.54) is 23.8 Å². The molecule has 0 radical (unpaired) electrons. The molecule has 0 fully saturated rings. The van der Waals surface area contributed by atoms with Gasteiger partial charge in [-0.1, -0.05) is 59.6 Å².